The zero-order valence-corrected chi connectivity index (χ0v) is 15.0. The summed E-state index contributed by atoms with van der Waals surface area (Å²) in [7, 11) is 0. The van der Waals surface area contributed by atoms with Gasteiger partial charge >= 0.3 is 5.69 Å². The molecule has 0 unspecified atom stereocenters. The average molecular weight is 364 g/mol. The first-order valence-corrected chi connectivity index (χ1v) is 9.25. The molecule has 1 amide bonds. The van der Waals surface area contributed by atoms with Gasteiger partial charge in [-0.15, -0.1) is 16.6 Å². The molecule has 4 heterocycles. The lowest BCUT2D eigenvalue weighted by atomic mass is 9.91. The van der Waals surface area contributed by atoms with Crippen LogP contribution in [0.5, 0.6) is 0 Å². The zero-order chi connectivity index (χ0) is 18.8. The molecule has 8 nitrogen and oxygen atoms in total. The molecule has 8 heteroatoms. The summed E-state index contributed by atoms with van der Waals surface area (Å²) in [5.41, 5.74) is 0.990. The molecule has 3 aromatic rings. The summed E-state index contributed by atoms with van der Waals surface area (Å²) in [6, 6.07) is 1.75. The van der Waals surface area contributed by atoms with Crippen molar-refractivity contribution < 1.29 is 4.79 Å². The van der Waals surface area contributed by atoms with E-state index in [1.165, 1.54) is 0 Å². The summed E-state index contributed by atoms with van der Waals surface area (Å²) in [6.07, 6.45) is 9.72. The summed E-state index contributed by atoms with van der Waals surface area (Å²) >= 11 is 0. The fourth-order valence-corrected chi connectivity index (χ4v) is 4.23. The number of piperidine rings is 1. The first-order chi connectivity index (χ1) is 13.0. The van der Waals surface area contributed by atoms with Crippen molar-refractivity contribution in [1.82, 2.24) is 29.6 Å². The highest BCUT2D eigenvalue weighted by Gasteiger charge is 2.51. The van der Waals surface area contributed by atoms with Crippen molar-refractivity contribution in [2.24, 2.45) is 11.3 Å². The lowest BCUT2D eigenvalue weighted by Gasteiger charge is -2.38. The van der Waals surface area contributed by atoms with E-state index in [0.717, 1.165) is 30.2 Å². The number of amides is 1. The second-order valence-corrected chi connectivity index (χ2v) is 7.75. The SMILES string of the molecule is C#CC1(C(=O)N2CC[C@@H](C)[C@@H](n3c(=O)[nH]c4nnc5[nH]ccc5c43)C2)CC1. The molecule has 1 saturated carbocycles. The number of likely N-dealkylation sites (tertiary alicyclic amines) is 1. The van der Waals surface area contributed by atoms with Gasteiger partial charge in [-0.2, -0.15) is 0 Å². The maximum atomic E-state index is 12.9. The summed E-state index contributed by atoms with van der Waals surface area (Å²) in [4.78, 5) is 33.4. The van der Waals surface area contributed by atoms with E-state index in [4.69, 9.17) is 6.42 Å². The van der Waals surface area contributed by atoms with Crippen LogP contribution in [0.3, 0.4) is 0 Å². The van der Waals surface area contributed by atoms with Crippen LogP contribution in [0.4, 0.5) is 0 Å². The van der Waals surface area contributed by atoms with Gasteiger partial charge in [0.2, 0.25) is 5.91 Å². The number of carbonyl (C=O) groups excluding carboxylic acids is 1. The third-order valence-corrected chi connectivity index (χ3v) is 6.11. The molecular formula is C19H20N6O2. The molecule has 2 N–H and O–H groups in total. The summed E-state index contributed by atoms with van der Waals surface area (Å²) in [5.74, 6) is 2.96. The van der Waals surface area contributed by atoms with E-state index in [9.17, 15) is 9.59 Å². The highest BCUT2D eigenvalue weighted by atomic mass is 16.2. The predicted octanol–water partition coefficient (Wildman–Crippen LogP) is 1.42. The quantitative estimate of drug-likeness (QED) is 0.672. The number of terminal acetylenes is 1. The molecule has 0 spiro atoms. The fourth-order valence-electron chi connectivity index (χ4n) is 4.23. The lowest BCUT2D eigenvalue weighted by Crippen LogP contribution is -2.48. The van der Waals surface area contributed by atoms with Crippen molar-refractivity contribution >= 4 is 28.1 Å². The van der Waals surface area contributed by atoms with Gasteiger partial charge in [0.1, 0.15) is 10.9 Å². The van der Waals surface area contributed by atoms with E-state index >= 15 is 0 Å². The first-order valence-electron chi connectivity index (χ1n) is 9.25. The Labute approximate surface area is 155 Å². The maximum absolute atomic E-state index is 12.9. The Morgan fingerprint density at radius 1 is 1.37 bits per heavy atom. The molecule has 2 aliphatic rings. The van der Waals surface area contributed by atoms with Crippen molar-refractivity contribution in [3.8, 4) is 12.3 Å². The molecule has 0 bridgehead atoms. The van der Waals surface area contributed by atoms with E-state index < -0.39 is 5.41 Å². The number of aromatic nitrogens is 5. The minimum absolute atomic E-state index is 0.0290. The number of nitrogens with zero attached hydrogens (tertiary/aromatic N) is 4. The van der Waals surface area contributed by atoms with Crippen LogP contribution < -0.4 is 5.69 Å². The Morgan fingerprint density at radius 2 is 2.15 bits per heavy atom. The topological polar surface area (TPSA) is 99.7 Å². The Morgan fingerprint density at radius 3 is 2.89 bits per heavy atom. The summed E-state index contributed by atoms with van der Waals surface area (Å²) in [5, 5.41) is 9.09. The monoisotopic (exact) mass is 364 g/mol. The van der Waals surface area contributed by atoms with Crippen LogP contribution in [0.2, 0.25) is 0 Å². The Hall–Kier alpha value is -3.08. The third-order valence-electron chi connectivity index (χ3n) is 6.11. The Bertz CT molecular complexity index is 1160. The highest BCUT2D eigenvalue weighted by molar-refractivity contribution is 5.99. The number of carbonyl (C=O) groups is 1. The van der Waals surface area contributed by atoms with E-state index in [2.05, 4.69) is 33.0 Å². The molecule has 2 atom stereocenters. The van der Waals surface area contributed by atoms with Crippen LogP contribution in [-0.2, 0) is 4.79 Å². The number of imidazole rings is 1. The molecular weight excluding hydrogens is 344 g/mol. The molecule has 0 radical (unpaired) electrons. The van der Waals surface area contributed by atoms with Crippen LogP contribution in [0.1, 0.15) is 32.2 Å². The maximum Gasteiger partial charge on any atom is 0.328 e. The van der Waals surface area contributed by atoms with Crippen molar-refractivity contribution in [2.45, 2.75) is 32.2 Å². The molecule has 138 valence electrons. The van der Waals surface area contributed by atoms with Gasteiger partial charge in [0.15, 0.2) is 11.3 Å². The number of H-pyrrole nitrogens is 2. The minimum atomic E-state index is -0.615. The largest absolute Gasteiger partial charge is 0.345 e. The van der Waals surface area contributed by atoms with E-state index in [1.807, 2.05) is 11.0 Å². The van der Waals surface area contributed by atoms with Gasteiger partial charge in [0, 0.05) is 24.7 Å². The number of aromatic amines is 2. The minimum Gasteiger partial charge on any atom is -0.345 e. The van der Waals surface area contributed by atoms with Crippen LogP contribution in [0, 0.1) is 23.7 Å². The number of fused-ring (bicyclic) bond motifs is 3. The molecule has 3 aromatic heterocycles. The van der Waals surface area contributed by atoms with Crippen molar-refractivity contribution in [1.29, 1.82) is 0 Å². The van der Waals surface area contributed by atoms with Crippen LogP contribution in [0.25, 0.3) is 22.2 Å². The van der Waals surface area contributed by atoms with Gasteiger partial charge in [0.25, 0.3) is 0 Å². The van der Waals surface area contributed by atoms with Gasteiger partial charge < -0.3 is 9.88 Å². The standard InChI is InChI=1S/C19H20N6O2/c1-3-19(6-7-19)17(26)24-9-5-11(2)13(10-24)25-14-12-4-8-20-15(12)22-23-16(14)21-18(25)27/h1,4,8,11,13H,5-7,9-10H2,2H3,(H,20,22)(H,21,23,27)/t11-,13+/m1/s1. The van der Waals surface area contributed by atoms with Crippen LogP contribution >= 0.6 is 0 Å². The second-order valence-electron chi connectivity index (χ2n) is 7.75. The normalized spacial score (nSPS) is 24.2. The predicted molar refractivity (Wildman–Crippen MR) is 99.9 cm³/mol. The second kappa shape index (κ2) is 5.46. The van der Waals surface area contributed by atoms with Crippen molar-refractivity contribution in [3.63, 3.8) is 0 Å². The molecule has 1 aliphatic heterocycles. The third kappa shape index (κ3) is 2.24. The zero-order valence-electron chi connectivity index (χ0n) is 15.0. The number of hydrogen-bond donors (Lipinski definition) is 2. The average Bonchev–Trinajstić information content (AvgIpc) is 3.19. The number of hydrogen-bond acceptors (Lipinski definition) is 4. The van der Waals surface area contributed by atoms with Gasteiger partial charge in [-0.1, -0.05) is 12.8 Å². The van der Waals surface area contributed by atoms with Crippen LogP contribution in [-0.4, -0.2) is 48.6 Å². The fraction of sp³-hybridized carbons (Fsp3) is 0.474. The van der Waals surface area contributed by atoms with E-state index in [0.29, 0.717) is 24.4 Å². The van der Waals surface area contributed by atoms with Crippen molar-refractivity contribution in [3.05, 3.63) is 22.7 Å². The molecule has 1 aliphatic carbocycles. The van der Waals surface area contributed by atoms with Crippen LogP contribution in [0.15, 0.2) is 17.1 Å². The van der Waals surface area contributed by atoms with E-state index in [1.54, 1.807) is 10.8 Å². The molecule has 2 fully saturated rings. The number of rotatable bonds is 2. The Kier molecular flexibility index (Phi) is 3.26. The van der Waals surface area contributed by atoms with E-state index in [-0.39, 0.29) is 23.6 Å². The number of nitrogens with one attached hydrogen (secondary N) is 2. The lowest BCUT2D eigenvalue weighted by molar-refractivity contribution is -0.137. The molecule has 5 rings (SSSR count). The van der Waals surface area contributed by atoms with Gasteiger partial charge in [0.05, 0.1) is 6.04 Å². The van der Waals surface area contributed by atoms with Gasteiger partial charge in [-0.3, -0.25) is 14.3 Å². The molecule has 1 saturated heterocycles. The highest BCUT2D eigenvalue weighted by Crippen LogP contribution is 2.47. The summed E-state index contributed by atoms with van der Waals surface area (Å²) < 4.78 is 1.75. The Balaban J connectivity index is 1.60. The first kappa shape index (κ1) is 16.1. The van der Waals surface area contributed by atoms with Gasteiger partial charge in [-0.25, -0.2) is 4.79 Å². The van der Waals surface area contributed by atoms with Crippen molar-refractivity contribution in [2.75, 3.05) is 13.1 Å². The summed E-state index contributed by atoms with van der Waals surface area (Å²) in [6.45, 7) is 3.27. The smallest absolute Gasteiger partial charge is 0.328 e. The molecule has 27 heavy (non-hydrogen) atoms. The van der Waals surface area contributed by atoms with Gasteiger partial charge in [-0.05, 0) is 31.2 Å². The molecule has 0 aromatic carbocycles.